The normalized spacial score (nSPS) is 15.0. The van der Waals surface area contributed by atoms with Crippen LogP contribution in [0.3, 0.4) is 0 Å². The first-order valence-corrected chi connectivity index (χ1v) is 8.54. The minimum atomic E-state index is -0.740. The van der Waals surface area contributed by atoms with Crippen LogP contribution in [0.15, 0.2) is 40.9 Å². The van der Waals surface area contributed by atoms with Crippen molar-refractivity contribution < 1.29 is 23.8 Å². The quantitative estimate of drug-likeness (QED) is 0.490. The second-order valence-corrected chi connectivity index (χ2v) is 5.95. The highest BCUT2D eigenvalue weighted by Gasteiger charge is 2.39. The topological polar surface area (TPSA) is 91.6 Å². The maximum atomic E-state index is 12.6. The van der Waals surface area contributed by atoms with E-state index in [1.807, 2.05) is 0 Å². The van der Waals surface area contributed by atoms with Gasteiger partial charge < -0.3 is 20.0 Å². The Kier molecular flexibility index (Phi) is 6.02. The van der Waals surface area contributed by atoms with Gasteiger partial charge in [0.05, 0.1) is 30.3 Å². The molecule has 2 heterocycles. The number of carbonyl (C=O) groups excluding carboxylic acids is 2. The Morgan fingerprint density at radius 3 is 2.04 bits per heavy atom. The lowest BCUT2D eigenvalue weighted by atomic mass is 9.80. The van der Waals surface area contributed by atoms with Gasteiger partial charge in [0.25, 0.3) is 0 Å². The van der Waals surface area contributed by atoms with Crippen LogP contribution in [0.4, 0.5) is 0 Å². The lowest BCUT2D eigenvalue weighted by Crippen LogP contribution is -2.36. The fraction of sp³-hybridized carbons (Fsp3) is 0.421. The van der Waals surface area contributed by atoms with Gasteiger partial charge in [0.1, 0.15) is 0 Å². The average Bonchev–Trinajstić information content (AvgIpc) is 2.57. The minimum absolute atomic E-state index is 0.203. The molecule has 2 rings (SSSR count). The van der Waals surface area contributed by atoms with Crippen molar-refractivity contribution in [1.82, 2.24) is 5.32 Å². The van der Waals surface area contributed by atoms with Gasteiger partial charge in [-0.3, -0.25) is 0 Å². The highest BCUT2D eigenvalue weighted by atomic mass is 16.5. The van der Waals surface area contributed by atoms with Crippen LogP contribution < -0.4 is 10.0 Å². The highest BCUT2D eigenvalue weighted by Crippen LogP contribution is 2.39. The number of hydrogen-bond donors (Lipinski definition) is 1. The maximum Gasteiger partial charge on any atom is 0.336 e. The fourth-order valence-corrected chi connectivity index (χ4v) is 3.15. The van der Waals surface area contributed by atoms with Crippen LogP contribution in [0.5, 0.6) is 0 Å². The maximum absolute atomic E-state index is 12.6. The summed E-state index contributed by atoms with van der Waals surface area (Å²) in [4.78, 5) is 25.3. The predicted molar refractivity (Wildman–Crippen MR) is 94.7 cm³/mol. The van der Waals surface area contributed by atoms with Crippen LogP contribution in [-0.2, 0) is 19.1 Å². The number of hydrogen-bond acceptors (Lipinski definition) is 6. The van der Waals surface area contributed by atoms with Gasteiger partial charge in [-0.05, 0) is 33.8 Å². The van der Waals surface area contributed by atoms with E-state index in [0.29, 0.717) is 38.5 Å². The van der Waals surface area contributed by atoms with Crippen molar-refractivity contribution in [3.05, 3.63) is 57.3 Å². The Balaban J connectivity index is 2.71. The molecule has 1 aliphatic rings. The second kappa shape index (κ2) is 8.03. The summed E-state index contributed by atoms with van der Waals surface area (Å²) < 4.78 is 11.1. The Morgan fingerprint density at radius 1 is 1.08 bits per heavy atom. The Morgan fingerprint density at radius 2 is 1.58 bits per heavy atom. The molecule has 26 heavy (non-hydrogen) atoms. The SMILES string of the molecule is CCOC(=O)C1=C(C)NC(C)=C(C(=O)OCC)C1c1ccc[n+]([O-])c1C. The number of dihydropyridines is 1. The summed E-state index contributed by atoms with van der Waals surface area (Å²) in [5.41, 5.74) is 2.74. The van der Waals surface area contributed by atoms with Crippen LogP contribution in [0, 0.1) is 12.1 Å². The molecular weight excluding hydrogens is 336 g/mol. The zero-order valence-electron chi connectivity index (χ0n) is 15.7. The van der Waals surface area contributed by atoms with Crippen molar-refractivity contribution in [2.45, 2.75) is 40.5 Å². The Labute approximate surface area is 152 Å². The molecule has 1 N–H and O–H groups in total. The van der Waals surface area contributed by atoms with Crippen molar-refractivity contribution in [1.29, 1.82) is 0 Å². The van der Waals surface area contributed by atoms with E-state index >= 15 is 0 Å². The molecule has 1 aromatic rings. The molecule has 0 saturated heterocycles. The van der Waals surface area contributed by atoms with E-state index < -0.39 is 17.9 Å². The van der Waals surface area contributed by atoms with Crippen molar-refractivity contribution in [2.24, 2.45) is 0 Å². The molecule has 0 radical (unpaired) electrons. The van der Waals surface area contributed by atoms with E-state index in [9.17, 15) is 14.8 Å². The summed E-state index contributed by atoms with van der Waals surface area (Å²) in [6.07, 6.45) is 1.38. The summed E-state index contributed by atoms with van der Waals surface area (Å²) in [7, 11) is 0. The zero-order chi connectivity index (χ0) is 19.4. The van der Waals surface area contributed by atoms with Crippen LogP contribution in [-0.4, -0.2) is 25.2 Å². The number of allylic oxidation sites excluding steroid dienone is 2. The van der Waals surface area contributed by atoms with E-state index in [0.717, 1.165) is 0 Å². The lowest BCUT2D eigenvalue weighted by molar-refractivity contribution is -0.612. The molecule has 0 aliphatic carbocycles. The summed E-state index contributed by atoms with van der Waals surface area (Å²) in [6.45, 7) is 8.98. The number of rotatable bonds is 5. The largest absolute Gasteiger partial charge is 0.619 e. The molecule has 0 fully saturated rings. The van der Waals surface area contributed by atoms with Gasteiger partial charge in [-0.1, -0.05) is 0 Å². The number of nitrogens with zero attached hydrogens (tertiary/aromatic N) is 1. The summed E-state index contributed by atoms with van der Waals surface area (Å²) in [5, 5.41) is 15.2. The van der Waals surface area contributed by atoms with E-state index in [2.05, 4.69) is 5.32 Å². The molecule has 7 heteroatoms. The van der Waals surface area contributed by atoms with Crippen molar-refractivity contribution in [3.8, 4) is 0 Å². The molecule has 0 bridgehead atoms. The van der Waals surface area contributed by atoms with Crippen LogP contribution >= 0.6 is 0 Å². The first kappa shape index (κ1) is 19.5. The standard InChI is InChI=1S/C19H24N2O5/c1-6-25-18(22)15-11(3)20-12(4)16(19(23)26-7-2)17(15)14-9-8-10-21(24)13(14)5/h8-10,17,20H,6-7H2,1-5H3. The summed E-state index contributed by atoms with van der Waals surface area (Å²) in [5.74, 6) is -1.80. The Bertz CT molecular complexity index is 755. The first-order valence-electron chi connectivity index (χ1n) is 8.54. The van der Waals surface area contributed by atoms with E-state index in [4.69, 9.17) is 9.47 Å². The van der Waals surface area contributed by atoms with Gasteiger partial charge in [-0.15, -0.1) is 0 Å². The molecule has 1 aromatic heterocycles. The van der Waals surface area contributed by atoms with E-state index in [1.165, 1.54) is 6.20 Å². The molecule has 0 atom stereocenters. The van der Waals surface area contributed by atoms with Gasteiger partial charge in [-0.2, -0.15) is 4.73 Å². The van der Waals surface area contributed by atoms with E-state index in [-0.39, 0.29) is 13.2 Å². The molecule has 1 aliphatic heterocycles. The molecule has 0 spiro atoms. The molecule has 140 valence electrons. The summed E-state index contributed by atoms with van der Waals surface area (Å²) in [6, 6.07) is 3.33. The summed E-state index contributed by atoms with van der Waals surface area (Å²) >= 11 is 0. The third-order valence-corrected chi connectivity index (χ3v) is 4.31. The molecule has 0 saturated carbocycles. The van der Waals surface area contributed by atoms with Gasteiger partial charge >= 0.3 is 11.9 Å². The number of nitrogens with one attached hydrogen (secondary N) is 1. The van der Waals surface area contributed by atoms with Crippen LogP contribution in [0.2, 0.25) is 0 Å². The lowest BCUT2D eigenvalue weighted by Gasteiger charge is -2.30. The van der Waals surface area contributed by atoms with Gasteiger partial charge in [0.15, 0.2) is 11.9 Å². The van der Waals surface area contributed by atoms with Crippen LogP contribution in [0.1, 0.15) is 44.9 Å². The predicted octanol–water partition coefficient (Wildman–Crippen LogP) is 1.99. The number of aromatic nitrogens is 1. The molecular formula is C19H24N2O5. The number of pyridine rings is 1. The van der Waals surface area contributed by atoms with Gasteiger partial charge in [-0.25, -0.2) is 9.59 Å². The van der Waals surface area contributed by atoms with E-state index in [1.54, 1.807) is 46.8 Å². The zero-order valence-corrected chi connectivity index (χ0v) is 15.7. The number of esters is 2. The number of ether oxygens (including phenoxy) is 2. The average molecular weight is 360 g/mol. The smallest absolute Gasteiger partial charge is 0.336 e. The third-order valence-electron chi connectivity index (χ3n) is 4.31. The molecule has 0 amide bonds. The monoisotopic (exact) mass is 360 g/mol. The Hall–Kier alpha value is -2.83. The van der Waals surface area contributed by atoms with Crippen LogP contribution in [0.25, 0.3) is 0 Å². The highest BCUT2D eigenvalue weighted by molar-refractivity contribution is 5.99. The minimum Gasteiger partial charge on any atom is -0.619 e. The molecule has 0 unspecified atom stereocenters. The fourth-order valence-electron chi connectivity index (χ4n) is 3.15. The second-order valence-electron chi connectivity index (χ2n) is 5.95. The van der Waals surface area contributed by atoms with Gasteiger partial charge in [0.2, 0.25) is 0 Å². The molecule has 0 aromatic carbocycles. The van der Waals surface area contributed by atoms with Crippen molar-refractivity contribution in [2.75, 3.05) is 13.2 Å². The van der Waals surface area contributed by atoms with Crippen molar-refractivity contribution >= 4 is 11.9 Å². The first-order chi connectivity index (χ1) is 12.3. The number of carbonyl (C=O) groups is 2. The van der Waals surface area contributed by atoms with Gasteiger partial charge in [0, 0.05) is 29.9 Å². The van der Waals surface area contributed by atoms with Crippen molar-refractivity contribution in [3.63, 3.8) is 0 Å². The molecule has 7 nitrogen and oxygen atoms in total. The third kappa shape index (κ3) is 3.56.